The molecule has 3 rings (SSSR count). The molecule has 2 aromatic carbocycles. The van der Waals surface area contributed by atoms with Gasteiger partial charge in [0.15, 0.2) is 0 Å². The molecule has 10 heteroatoms. The van der Waals surface area contributed by atoms with E-state index in [2.05, 4.69) is 15.6 Å². The third kappa shape index (κ3) is 13.0. The molecule has 3 aromatic rings. The van der Waals surface area contributed by atoms with Crippen LogP contribution in [0.5, 0.6) is 0 Å². The summed E-state index contributed by atoms with van der Waals surface area (Å²) >= 11 is 5.78. The number of amides is 3. The van der Waals surface area contributed by atoms with Gasteiger partial charge in [0, 0.05) is 32.4 Å². The van der Waals surface area contributed by atoms with E-state index >= 15 is 0 Å². The van der Waals surface area contributed by atoms with Gasteiger partial charge in [-0.05, 0) is 42.5 Å². The average molecular weight is 595 g/mol. The molecule has 0 bridgehead atoms. The monoisotopic (exact) mass is 594 g/mol. The van der Waals surface area contributed by atoms with Crippen LogP contribution in [0.3, 0.4) is 0 Å². The maximum Gasteiger partial charge on any atom is 0.410 e. The van der Waals surface area contributed by atoms with Crippen molar-refractivity contribution in [3.05, 3.63) is 101 Å². The van der Waals surface area contributed by atoms with Gasteiger partial charge in [0.1, 0.15) is 18.4 Å². The van der Waals surface area contributed by atoms with Crippen molar-refractivity contribution >= 4 is 29.7 Å². The van der Waals surface area contributed by atoms with Crippen molar-refractivity contribution in [2.24, 2.45) is 0 Å². The minimum Gasteiger partial charge on any atom is -0.445 e. The Kier molecular flexibility index (Phi) is 14.7. The van der Waals surface area contributed by atoms with E-state index in [0.29, 0.717) is 43.3 Å². The minimum atomic E-state index is -0.412. The molecule has 1 heterocycles. The van der Waals surface area contributed by atoms with Crippen molar-refractivity contribution in [3.63, 3.8) is 0 Å². The summed E-state index contributed by atoms with van der Waals surface area (Å²) in [5.74, 6) is -0.240. The number of benzene rings is 2. The van der Waals surface area contributed by atoms with E-state index in [0.717, 1.165) is 43.2 Å². The molecule has 0 atom stereocenters. The number of carbonyl (C=O) groups excluding carboxylic acids is 3. The van der Waals surface area contributed by atoms with Crippen LogP contribution in [0, 0.1) is 0 Å². The topological polar surface area (TPSA) is 110 Å². The van der Waals surface area contributed by atoms with Gasteiger partial charge in [-0.15, -0.1) is 0 Å². The Hall–Kier alpha value is -4.11. The molecule has 0 unspecified atom stereocenters. The quantitative estimate of drug-likeness (QED) is 0.139. The van der Waals surface area contributed by atoms with Gasteiger partial charge in [-0.2, -0.15) is 0 Å². The van der Waals surface area contributed by atoms with Crippen LogP contribution in [-0.2, 0) is 22.7 Å². The largest absolute Gasteiger partial charge is 0.445 e. The molecule has 0 radical (unpaired) electrons. The number of hydrogen-bond donors (Lipinski definition) is 2. The number of pyridine rings is 1. The van der Waals surface area contributed by atoms with Crippen LogP contribution in [0.4, 0.5) is 9.59 Å². The average Bonchev–Trinajstić information content (AvgIpc) is 3.02. The molecular weight excluding hydrogens is 556 g/mol. The number of aromatic nitrogens is 1. The van der Waals surface area contributed by atoms with Crippen LogP contribution in [0.25, 0.3) is 0 Å². The minimum absolute atomic E-state index is 0.206. The molecule has 0 spiro atoms. The highest BCUT2D eigenvalue weighted by Gasteiger charge is 2.15. The van der Waals surface area contributed by atoms with Crippen molar-refractivity contribution < 1.29 is 23.9 Å². The summed E-state index contributed by atoms with van der Waals surface area (Å²) in [7, 11) is 0. The second kappa shape index (κ2) is 19.1. The summed E-state index contributed by atoms with van der Waals surface area (Å²) in [6.45, 7) is 2.45. The summed E-state index contributed by atoms with van der Waals surface area (Å²) in [5, 5.41) is 5.96. The third-order valence-corrected chi connectivity index (χ3v) is 6.65. The highest BCUT2D eigenvalue weighted by molar-refractivity contribution is 6.29. The molecule has 42 heavy (non-hydrogen) atoms. The first kappa shape index (κ1) is 32.4. The summed E-state index contributed by atoms with van der Waals surface area (Å²) in [4.78, 5) is 42.6. The lowest BCUT2D eigenvalue weighted by atomic mass is 10.1. The Morgan fingerprint density at radius 2 is 1.29 bits per heavy atom. The highest BCUT2D eigenvalue weighted by atomic mass is 35.5. The molecule has 3 amide bonds. The number of alkyl carbamates (subject to hydrolysis) is 1. The molecule has 0 saturated carbocycles. The van der Waals surface area contributed by atoms with Crippen LogP contribution < -0.4 is 10.6 Å². The van der Waals surface area contributed by atoms with Crippen LogP contribution in [0.15, 0.2) is 79.0 Å². The summed E-state index contributed by atoms with van der Waals surface area (Å²) < 4.78 is 10.8. The molecular formula is C32H39ClN4O5. The number of ether oxygens (including phenoxy) is 2. The third-order valence-electron chi connectivity index (χ3n) is 6.43. The van der Waals surface area contributed by atoms with Gasteiger partial charge in [-0.25, -0.2) is 14.6 Å². The molecule has 224 valence electrons. The smallest absolute Gasteiger partial charge is 0.410 e. The number of nitrogens with one attached hydrogen (secondary N) is 2. The zero-order valence-electron chi connectivity index (χ0n) is 23.8. The van der Waals surface area contributed by atoms with Crippen molar-refractivity contribution in [1.29, 1.82) is 0 Å². The molecule has 0 aliphatic heterocycles. The second-order valence-corrected chi connectivity index (χ2v) is 10.1. The Bertz CT molecular complexity index is 1210. The molecule has 2 N–H and O–H groups in total. The van der Waals surface area contributed by atoms with Gasteiger partial charge in [0.25, 0.3) is 5.91 Å². The fourth-order valence-electron chi connectivity index (χ4n) is 4.11. The van der Waals surface area contributed by atoms with E-state index in [4.69, 9.17) is 21.1 Å². The van der Waals surface area contributed by atoms with Crippen LogP contribution in [0.2, 0.25) is 5.15 Å². The standard InChI is InChI=1S/C32H39ClN4O5/c33-29-18-17-28(23-36-29)30(38)34-20-12-22-37(32(40)42-25-27-15-8-5-9-16-27)21-11-3-1-2-10-19-35-31(39)41-24-26-13-6-4-7-14-26/h4-9,13-18,23H,1-3,10-12,19-22,24-25H2,(H,34,38)(H,35,39). The van der Waals surface area contributed by atoms with Gasteiger partial charge in [-0.3, -0.25) is 4.79 Å². The maximum atomic E-state index is 12.9. The molecule has 9 nitrogen and oxygen atoms in total. The molecule has 1 aromatic heterocycles. The van der Waals surface area contributed by atoms with E-state index in [1.54, 1.807) is 17.0 Å². The van der Waals surface area contributed by atoms with E-state index in [-0.39, 0.29) is 25.2 Å². The SMILES string of the molecule is O=C(NCCCCCCCN(CCCNC(=O)c1ccc(Cl)nc1)C(=O)OCc1ccccc1)OCc1ccccc1. The van der Waals surface area contributed by atoms with Crippen molar-refractivity contribution in [2.45, 2.75) is 51.7 Å². The lowest BCUT2D eigenvalue weighted by Gasteiger charge is -2.22. The van der Waals surface area contributed by atoms with Crippen molar-refractivity contribution in [1.82, 2.24) is 20.5 Å². The predicted molar refractivity (Wildman–Crippen MR) is 162 cm³/mol. The molecule has 0 aliphatic carbocycles. The van der Waals surface area contributed by atoms with Crippen LogP contribution in [0.1, 0.15) is 60.0 Å². The van der Waals surface area contributed by atoms with Crippen molar-refractivity contribution in [3.8, 4) is 0 Å². The van der Waals surface area contributed by atoms with Gasteiger partial charge in [0.2, 0.25) is 0 Å². The molecule has 0 saturated heterocycles. The Labute approximate surface area is 252 Å². The normalized spacial score (nSPS) is 10.5. The summed E-state index contributed by atoms with van der Waals surface area (Å²) in [5.41, 5.74) is 2.30. The number of carbonyl (C=O) groups is 3. The lowest BCUT2D eigenvalue weighted by Crippen LogP contribution is -2.35. The fourth-order valence-corrected chi connectivity index (χ4v) is 4.22. The molecule has 0 aliphatic rings. The number of hydrogen-bond acceptors (Lipinski definition) is 6. The number of rotatable bonds is 17. The van der Waals surface area contributed by atoms with E-state index in [9.17, 15) is 14.4 Å². The molecule has 0 fully saturated rings. The van der Waals surface area contributed by atoms with E-state index in [1.165, 1.54) is 6.20 Å². The van der Waals surface area contributed by atoms with Crippen LogP contribution in [-0.4, -0.2) is 54.2 Å². The van der Waals surface area contributed by atoms with Gasteiger partial charge >= 0.3 is 12.2 Å². The predicted octanol–water partition coefficient (Wildman–Crippen LogP) is 6.37. The maximum absolute atomic E-state index is 12.9. The first-order valence-electron chi connectivity index (χ1n) is 14.3. The number of nitrogens with zero attached hydrogens (tertiary/aromatic N) is 2. The first-order valence-corrected chi connectivity index (χ1v) is 14.7. The van der Waals surface area contributed by atoms with Crippen LogP contribution >= 0.6 is 11.6 Å². The van der Waals surface area contributed by atoms with E-state index < -0.39 is 6.09 Å². The zero-order chi connectivity index (χ0) is 29.8. The zero-order valence-corrected chi connectivity index (χ0v) is 24.6. The number of halogens is 1. The van der Waals surface area contributed by atoms with E-state index in [1.807, 2.05) is 60.7 Å². The summed E-state index contributed by atoms with van der Waals surface area (Å²) in [6.07, 6.45) is 5.80. The van der Waals surface area contributed by atoms with Gasteiger partial charge in [0.05, 0.1) is 5.56 Å². The highest BCUT2D eigenvalue weighted by Crippen LogP contribution is 2.09. The van der Waals surface area contributed by atoms with Gasteiger partial charge in [-0.1, -0.05) is 91.5 Å². The Morgan fingerprint density at radius 3 is 1.95 bits per heavy atom. The van der Waals surface area contributed by atoms with Crippen molar-refractivity contribution in [2.75, 3.05) is 26.2 Å². The first-order chi connectivity index (χ1) is 20.5. The Morgan fingerprint density at radius 1 is 0.690 bits per heavy atom. The summed E-state index contributed by atoms with van der Waals surface area (Å²) in [6, 6.07) is 22.3. The lowest BCUT2D eigenvalue weighted by molar-refractivity contribution is 0.0929. The van der Waals surface area contributed by atoms with Gasteiger partial charge < -0.3 is 25.0 Å². The number of unbranched alkanes of at least 4 members (excludes halogenated alkanes) is 4. The fraction of sp³-hybridized carbons (Fsp3) is 0.375. The Balaban J connectivity index is 1.32. The second-order valence-electron chi connectivity index (χ2n) is 9.76.